The van der Waals surface area contributed by atoms with E-state index in [2.05, 4.69) is 24.0 Å². The smallest absolute Gasteiger partial charge is 0.246 e. The predicted molar refractivity (Wildman–Crippen MR) is 105 cm³/mol. The van der Waals surface area contributed by atoms with E-state index in [-0.39, 0.29) is 10.9 Å². The number of benzene rings is 2. The van der Waals surface area contributed by atoms with Gasteiger partial charge in [-0.2, -0.15) is 4.31 Å². The second-order valence-corrected chi connectivity index (χ2v) is 8.45. The van der Waals surface area contributed by atoms with Crippen LogP contribution in [0.5, 0.6) is 11.5 Å². The van der Waals surface area contributed by atoms with Crippen LogP contribution in [-0.2, 0) is 10.0 Å². The lowest BCUT2D eigenvalue weighted by Gasteiger charge is -2.37. The number of hydrogen-bond acceptors (Lipinski definition) is 5. The Kier molecular flexibility index (Phi) is 6.04. The average Bonchev–Trinajstić information content (AvgIpc) is 2.73. The van der Waals surface area contributed by atoms with E-state index >= 15 is 0 Å². The third-order valence-electron chi connectivity index (χ3n) is 5.09. The van der Waals surface area contributed by atoms with Crippen LogP contribution in [0.25, 0.3) is 0 Å². The van der Waals surface area contributed by atoms with Gasteiger partial charge >= 0.3 is 0 Å². The van der Waals surface area contributed by atoms with Crippen LogP contribution in [0.3, 0.4) is 0 Å². The van der Waals surface area contributed by atoms with Crippen molar-refractivity contribution in [2.75, 3.05) is 40.4 Å². The average molecular weight is 391 g/mol. The first kappa shape index (κ1) is 19.7. The van der Waals surface area contributed by atoms with Gasteiger partial charge in [-0.15, -0.1) is 0 Å². The zero-order chi connectivity index (χ0) is 19.4. The zero-order valence-corrected chi connectivity index (χ0v) is 16.8. The number of piperazine rings is 1. The standard InChI is InChI=1S/C20H26N2O4S/c1-16(17-7-5-4-6-8-17)21-11-13-22(14-12-21)27(23,24)20-15-18(25-2)9-10-19(20)26-3/h4-10,15-16H,11-14H2,1-3H3/t16-/m1/s1. The van der Waals surface area contributed by atoms with Crippen LogP contribution in [0.2, 0.25) is 0 Å². The molecule has 1 fully saturated rings. The van der Waals surface area contributed by atoms with Gasteiger partial charge in [0.15, 0.2) is 0 Å². The molecule has 1 saturated heterocycles. The van der Waals surface area contributed by atoms with Gasteiger partial charge in [-0.25, -0.2) is 8.42 Å². The maximum absolute atomic E-state index is 13.2. The van der Waals surface area contributed by atoms with Crippen LogP contribution in [0, 0.1) is 0 Å². The first-order chi connectivity index (χ1) is 13.0. The van der Waals surface area contributed by atoms with Crippen LogP contribution in [0.4, 0.5) is 0 Å². The molecular weight excluding hydrogens is 364 g/mol. The minimum Gasteiger partial charge on any atom is -0.497 e. The Bertz CT molecular complexity index is 863. The second-order valence-electron chi connectivity index (χ2n) is 6.54. The van der Waals surface area contributed by atoms with Crippen molar-refractivity contribution >= 4 is 10.0 Å². The van der Waals surface area contributed by atoms with Gasteiger partial charge in [0.1, 0.15) is 16.4 Å². The largest absolute Gasteiger partial charge is 0.497 e. The fourth-order valence-electron chi connectivity index (χ4n) is 3.40. The number of nitrogens with zero attached hydrogens (tertiary/aromatic N) is 2. The van der Waals surface area contributed by atoms with Gasteiger partial charge in [-0.05, 0) is 24.6 Å². The Hall–Kier alpha value is -2.09. The van der Waals surface area contributed by atoms with Gasteiger partial charge in [0.2, 0.25) is 10.0 Å². The van der Waals surface area contributed by atoms with Crippen molar-refractivity contribution < 1.29 is 17.9 Å². The van der Waals surface area contributed by atoms with E-state index in [1.54, 1.807) is 12.1 Å². The quantitative estimate of drug-likeness (QED) is 0.759. The molecule has 0 aliphatic carbocycles. The van der Waals surface area contributed by atoms with E-state index < -0.39 is 10.0 Å². The first-order valence-corrected chi connectivity index (χ1v) is 10.4. The Balaban J connectivity index is 1.75. The summed E-state index contributed by atoms with van der Waals surface area (Å²) in [6, 6.07) is 15.4. The van der Waals surface area contributed by atoms with Crippen molar-refractivity contribution in [3.63, 3.8) is 0 Å². The van der Waals surface area contributed by atoms with Crippen LogP contribution >= 0.6 is 0 Å². The highest BCUT2D eigenvalue weighted by atomic mass is 32.2. The minimum absolute atomic E-state index is 0.147. The predicted octanol–water partition coefficient (Wildman–Crippen LogP) is 2.77. The molecule has 7 heteroatoms. The summed E-state index contributed by atoms with van der Waals surface area (Å²) in [5, 5.41) is 0. The summed E-state index contributed by atoms with van der Waals surface area (Å²) in [5.41, 5.74) is 1.24. The topological polar surface area (TPSA) is 59.1 Å². The SMILES string of the molecule is COc1ccc(OC)c(S(=O)(=O)N2CCN([C@H](C)c3ccccc3)CC2)c1. The number of methoxy groups -OCH3 is 2. The van der Waals surface area contributed by atoms with E-state index in [4.69, 9.17) is 9.47 Å². The van der Waals surface area contributed by atoms with Gasteiger partial charge < -0.3 is 9.47 Å². The van der Waals surface area contributed by atoms with Crippen molar-refractivity contribution in [2.24, 2.45) is 0 Å². The number of rotatable bonds is 6. The second kappa shape index (κ2) is 8.29. The minimum atomic E-state index is -3.65. The van der Waals surface area contributed by atoms with Gasteiger partial charge in [0.05, 0.1) is 14.2 Å². The Morgan fingerprint density at radius 1 is 0.926 bits per heavy atom. The Morgan fingerprint density at radius 2 is 1.59 bits per heavy atom. The Labute approximate surface area is 161 Å². The molecule has 0 amide bonds. The summed E-state index contributed by atoms with van der Waals surface area (Å²) in [5.74, 6) is 0.821. The summed E-state index contributed by atoms with van der Waals surface area (Å²) in [4.78, 5) is 2.46. The molecule has 1 heterocycles. The van der Waals surface area contributed by atoms with E-state index in [0.717, 1.165) is 0 Å². The van der Waals surface area contributed by atoms with Crippen LogP contribution in [0.1, 0.15) is 18.5 Å². The lowest BCUT2D eigenvalue weighted by Crippen LogP contribution is -2.49. The van der Waals surface area contributed by atoms with Crippen molar-refractivity contribution in [1.29, 1.82) is 0 Å². The molecule has 2 aromatic rings. The van der Waals surface area contributed by atoms with E-state index in [0.29, 0.717) is 37.7 Å². The molecule has 1 atom stereocenters. The van der Waals surface area contributed by atoms with Gasteiger partial charge in [0.25, 0.3) is 0 Å². The van der Waals surface area contributed by atoms with Crippen molar-refractivity contribution in [3.05, 3.63) is 54.1 Å². The number of hydrogen-bond donors (Lipinski definition) is 0. The molecular formula is C20H26N2O4S. The van der Waals surface area contributed by atoms with E-state index in [9.17, 15) is 8.42 Å². The molecule has 0 saturated carbocycles. The van der Waals surface area contributed by atoms with Gasteiger partial charge in [0, 0.05) is 38.3 Å². The summed E-state index contributed by atoms with van der Waals surface area (Å²) in [7, 11) is -0.661. The highest BCUT2D eigenvalue weighted by Crippen LogP contribution is 2.31. The molecule has 0 aromatic heterocycles. The molecule has 0 radical (unpaired) electrons. The molecule has 6 nitrogen and oxygen atoms in total. The van der Waals surface area contributed by atoms with Crippen molar-refractivity contribution in [2.45, 2.75) is 17.9 Å². The molecule has 1 aliphatic rings. The van der Waals surface area contributed by atoms with Crippen molar-refractivity contribution in [1.82, 2.24) is 9.21 Å². The van der Waals surface area contributed by atoms with E-state index in [1.165, 1.54) is 30.2 Å². The fraction of sp³-hybridized carbons (Fsp3) is 0.400. The highest BCUT2D eigenvalue weighted by molar-refractivity contribution is 7.89. The zero-order valence-electron chi connectivity index (χ0n) is 16.0. The first-order valence-electron chi connectivity index (χ1n) is 8.98. The van der Waals surface area contributed by atoms with Crippen molar-refractivity contribution in [3.8, 4) is 11.5 Å². The summed E-state index contributed by atoms with van der Waals surface area (Å²) in [6.45, 7) is 4.41. The lowest BCUT2D eigenvalue weighted by atomic mass is 10.1. The molecule has 3 rings (SSSR count). The third kappa shape index (κ3) is 4.10. The van der Waals surface area contributed by atoms with Crippen LogP contribution in [0.15, 0.2) is 53.4 Å². The van der Waals surface area contributed by atoms with Gasteiger partial charge in [-0.1, -0.05) is 30.3 Å². The molecule has 0 N–H and O–H groups in total. The number of ether oxygens (including phenoxy) is 2. The molecule has 0 unspecified atom stereocenters. The maximum atomic E-state index is 13.2. The normalized spacial score (nSPS) is 17.4. The Morgan fingerprint density at radius 3 is 2.19 bits per heavy atom. The van der Waals surface area contributed by atoms with Crippen LogP contribution in [-0.4, -0.2) is 58.0 Å². The summed E-state index contributed by atoms with van der Waals surface area (Å²) in [6.07, 6.45) is 0. The van der Waals surface area contributed by atoms with Crippen LogP contribution < -0.4 is 9.47 Å². The molecule has 2 aromatic carbocycles. The number of sulfonamides is 1. The molecule has 1 aliphatic heterocycles. The van der Waals surface area contributed by atoms with Gasteiger partial charge in [-0.3, -0.25) is 4.90 Å². The fourth-order valence-corrected chi connectivity index (χ4v) is 4.99. The molecule has 0 bridgehead atoms. The summed E-state index contributed by atoms with van der Waals surface area (Å²) >= 11 is 0. The van der Waals surface area contributed by atoms with E-state index in [1.807, 2.05) is 18.2 Å². The molecule has 27 heavy (non-hydrogen) atoms. The highest BCUT2D eigenvalue weighted by Gasteiger charge is 2.32. The monoisotopic (exact) mass is 390 g/mol. The maximum Gasteiger partial charge on any atom is 0.246 e. The molecule has 146 valence electrons. The summed E-state index contributed by atoms with van der Waals surface area (Å²) < 4.78 is 38.3. The lowest BCUT2D eigenvalue weighted by molar-refractivity contribution is 0.145. The third-order valence-corrected chi connectivity index (χ3v) is 7.01. The molecule has 0 spiro atoms.